The molecule has 0 aliphatic carbocycles. The van der Waals surface area contributed by atoms with Crippen LogP contribution in [0.1, 0.15) is 15.9 Å². The highest BCUT2D eigenvalue weighted by Crippen LogP contribution is 2.25. The van der Waals surface area contributed by atoms with Gasteiger partial charge >= 0.3 is 0 Å². The Morgan fingerprint density at radius 2 is 1.84 bits per heavy atom. The van der Waals surface area contributed by atoms with E-state index in [0.717, 1.165) is 25.2 Å². The Kier molecular flexibility index (Phi) is 8.42. The largest absolute Gasteiger partial charge is 0.495 e. The van der Waals surface area contributed by atoms with Gasteiger partial charge in [-0.25, -0.2) is 13.1 Å². The van der Waals surface area contributed by atoms with Gasteiger partial charge in [-0.1, -0.05) is 30.3 Å². The second-order valence-electron chi connectivity index (χ2n) is 7.21. The molecule has 8 nitrogen and oxygen atoms in total. The summed E-state index contributed by atoms with van der Waals surface area (Å²) in [5, 5.41) is 2.85. The lowest BCUT2D eigenvalue weighted by Gasteiger charge is -2.26. The predicted molar refractivity (Wildman–Crippen MR) is 118 cm³/mol. The highest BCUT2D eigenvalue weighted by atomic mass is 32.2. The second-order valence-corrected chi connectivity index (χ2v) is 8.94. The summed E-state index contributed by atoms with van der Waals surface area (Å²) < 4.78 is 38.8. The van der Waals surface area contributed by atoms with Gasteiger partial charge in [-0.05, 0) is 30.2 Å². The molecule has 3 rings (SSSR count). The molecule has 1 saturated heterocycles. The molecule has 2 aromatic carbocycles. The average Bonchev–Trinajstić information content (AvgIpc) is 2.80. The van der Waals surface area contributed by atoms with Crippen LogP contribution in [0.15, 0.2) is 53.4 Å². The van der Waals surface area contributed by atoms with E-state index < -0.39 is 10.0 Å². The van der Waals surface area contributed by atoms with Crippen LogP contribution in [0.25, 0.3) is 0 Å². The summed E-state index contributed by atoms with van der Waals surface area (Å²) in [6.07, 6.45) is 0.560. The van der Waals surface area contributed by atoms with Gasteiger partial charge in [-0.3, -0.25) is 9.69 Å². The fourth-order valence-corrected chi connectivity index (χ4v) is 4.56. The van der Waals surface area contributed by atoms with Gasteiger partial charge < -0.3 is 14.8 Å². The molecule has 0 radical (unpaired) electrons. The SMILES string of the molecule is COc1ccc(C(=O)NCCN2CCOCC2)cc1S(=O)(=O)NCCc1ccccc1. The molecule has 2 aromatic rings. The van der Waals surface area contributed by atoms with E-state index in [1.807, 2.05) is 30.3 Å². The van der Waals surface area contributed by atoms with Crippen molar-refractivity contribution in [3.05, 3.63) is 59.7 Å². The van der Waals surface area contributed by atoms with Crippen LogP contribution in [-0.4, -0.2) is 72.3 Å². The number of morpholine rings is 1. The Labute approximate surface area is 183 Å². The van der Waals surface area contributed by atoms with Gasteiger partial charge in [-0.2, -0.15) is 0 Å². The fourth-order valence-electron chi connectivity index (χ4n) is 3.33. The number of sulfonamides is 1. The van der Waals surface area contributed by atoms with Crippen molar-refractivity contribution in [1.29, 1.82) is 0 Å². The fraction of sp³-hybridized carbons (Fsp3) is 0.409. The molecule has 0 saturated carbocycles. The monoisotopic (exact) mass is 447 g/mol. The molecule has 0 unspecified atom stereocenters. The summed E-state index contributed by atoms with van der Waals surface area (Å²) in [5.74, 6) is -0.131. The minimum atomic E-state index is -3.84. The van der Waals surface area contributed by atoms with E-state index in [9.17, 15) is 13.2 Å². The number of methoxy groups -OCH3 is 1. The van der Waals surface area contributed by atoms with Crippen molar-refractivity contribution in [2.24, 2.45) is 0 Å². The Morgan fingerprint density at radius 1 is 1.10 bits per heavy atom. The summed E-state index contributed by atoms with van der Waals surface area (Å²) in [7, 11) is -2.44. The third-order valence-corrected chi connectivity index (χ3v) is 6.56. The number of nitrogens with zero attached hydrogens (tertiary/aromatic N) is 1. The highest BCUT2D eigenvalue weighted by Gasteiger charge is 2.21. The van der Waals surface area contributed by atoms with Gasteiger partial charge in [0.05, 0.1) is 20.3 Å². The normalized spacial score (nSPS) is 14.9. The molecule has 2 N–H and O–H groups in total. The number of carbonyl (C=O) groups is 1. The van der Waals surface area contributed by atoms with Crippen molar-refractivity contribution in [2.75, 3.05) is 53.0 Å². The maximum absolute atomic E-state index is 12.9. The van der Waals surface area contributed by atoms with Crippen molar-refractivity contribution < 1.29 is 22.7 Å². The molecule has 1 aliphatic heterocycles. The first-order valence-electron chi connectivity index (χ1n) is 10.3. The molecular weight excluding hydrogens is 418 g/mol. The zero-order valence-electron chi connectivity index (χ0n) is 17.7. The maximum Gasteiger partial charge on any atom is 0.251 e. The molecule has 9 heteroatoms. The summed E-state index contributed by atoms with van der Waals surface area (Å²) in [6.45, 7) is 4.52. The van der Waals surface area contributed by atoms with Crippen molar-refractivity contribution >= 4 is 15.9 Å². The minimum Gasteiger partial charge on any atom is -0.495 e. The summed E-state index contributed by atoms with van der Waals surface area (Å²) in [6, 6.07) is 14.0. The van der Waals surface area contributed by atoms with Crippen molar-refractivity contribution in [1.82, 2.24) is 14.9 Å². The topological polar surface area (TPSA) is 97.0 Å². The van der Waals surface area contributed by atoms with Crippen molar-refractivity contribution in [3.63, 3.8) is 0 Å². The predicted octanol–water partition coefficient (Wildman–Crippen LogP) is 1.28. The van der Waals surface area contributed by atoms with Gasteiger partial charge in [0.1, 0.15) is 10.6 Å². The number of carbonyl (C=O) groups excluding carboxylic acids is 1. The molecule has 0 spiro atoms. The maximum atomic E-state index is 12.9. The average molecular weight is 448 g/mol. The number of hydrogen-bond acceptors (Lipinski definition) is 6. The quantitative estimate of drug-likeness (QED) is 0.570. The lowest BCUT2D eigenvalue weighted by Crippen LogP contribution is -2.41. The molecule has 1 aliphatic rings. The Hall–Kier alpha value is -2.46. The van der Waals surface area contributed by atoms with E-state index in [1.54, 1.807) is 6.07 Å². The Morgan fingerprint density at radius 3 is 2.55 bits per heavy atom. The molecule has 0 aromatic heterocycles. The molecule has 168 valence electrons. The van der Waals surface area contributed by atoms with Crippen LogP contribution in [0.4, 0.5) is 0 Å². The van der Waals surface area contributed by atoms with E-state index in [-0.39, 0.29) is 28.7 Å². The Balaban J connectivity index is 1.62. The van der Waals surface area contributed by atoms with Crippen LogP contribution in [0.3, 0.4) is 0 Å². The number of hydrogen-bond donors (Lipinski definition) is 2. The van der Waals surface area contributed by atoms with Gasteiger partial charge in [0.25, 0.3) is 5.91 Å². The minimum absolute atomic E-state index is 0.0520. The van der Waals surface area contributed by atoms with E-state index in [2.05, 4.69) is 14.9 Å². The third-order valence-electron chi connectivity index (χ3n) is 5.08. The van der Waals surface area contributed by atoms with Crippen LogP contribution >= 0.6 is 0 Å². The van der Waals surface area contributed by atoms with Crippen molar-refractivity contribution in [2.45, 2.75) is 11.3 Å². The van der Waals surface area contributed by atoms with Gasteiger partial charge in [0.2, 0.25) is 10.0 Å². The summed E-state index contributed by atoms with van der Waals surface area (Å²) in [5.41, 5.74) is 1.30. The highest BCUT2D eigenvalue weighted by molar-refractivity contribution is 7.89. The molecular formula is C22H29N3O5S. The van der Waals surface area contributed by atoms with Gasteiger partial charge in [-0.15, -0.1) is 0 Å². The lowest BCUT2D eigenvalue weighted by atomic mass is 10.2. The van der Waals surface area contributed by atoms with E-state index in [0.29, 0.717) is 26.2 Å². The number of ether oxygens (including phenoxy) is 2. The molecule has 31 heavy (non-hydrogen) atoms. The van der Waals surface area contributed by atoms with Crippen LogP contribution in [0, 0.1) is 0 Å². The number of rotatable bonds is 10. The smallest absolute Gasteiger partial charge is 0.251 e. The Bertz CT molecular complexity index is 960. The van der Waals surface area contributed by atoms with E-state index in [4.69, 9.17) is 9.47 Å². The zero-order chi connectivity index (χ0) is 22.1. The van der Waals surface area contributed by atoms with E-state index in [1.165, 1.54) is 19.2 Å². The van der Waals surface area contributed by atoms with Crippen LogP contribution in [0.5, 0.6) is 5.75 Å². The first-order chi connectivity index (χ1) is 15.0. The van der Waals surface area contributed by atoms with Crippen LogP contribution in [-0.2, 0) is 21.2 Å². The van der Waals surface area contributed by atoms with Crippen molar-refractivity contribution in [3.8, 4) is 5.75 Å². The van der Waals surface area contributed by atoms with Crippen LogP contribution in [0.2, 0.25) is 0 Å². The first-order valence-corrected chi connectivity index (χ1v) is 11.8. The van der Waals surface area contributed by atoms with Gasteiger partial charge in [0.15, 0.2) is 0 Å². The second kappa shape index (κ2) is 11.2. The number of nitrogens with one attached hydrogen (secondary N) is 2. The molecule has 0 bridgehead atoms. The molecule has 1 heterocycles. The van der Waals surface area contributed by atoms with E-state index >= 15 is 0 Å². The van der Waals surface area contributed by atoms with Gasteiger partial charge in [0, 0.05) is 38.3 Å². The number of benzene rings is 2. The molecule has 1 amide bonds. The molecule has 1 fully saturated rings. The summed E-state index contributed by atoms with van der Waals surface area (Å²) in [4.78, 5) is 14.7. The summed E-state index contributed by atoms with van der Waals surface area (Å²) >= 11 is 0. The standard InChI is InChI=1S/C22H29N3O5S/c1-29-20-8-7-19(22(26)23-11-12-25-13-15-30-16-14-25)17-21(20)31(27,28)24-10-9-18-5-3-2-4-6-18/h2-8,17,24H,9-16H2,1H3,(H,23,26). The zero-order valence-corrected chi connectivity index (χ0v) is 18.5. The lowest BCUT2D eigenvalue weighted by molar-refractivity contribution is 0.0383. The first kappa shape index (κ1) is 23.2. The molecule has 0 atom stereocenters. The third kappa shape index (κ3) is 6.76. The van der Waals surface area contributed by atoms with Crippen LogP contribution < -0.4 is 14.8 Å². The number of amides is 1.